The fraction of sp³-hybridized carbons (Fsp3) is 0.600. The minimum absolute atomic E-state index is 0.232. The largest absolute Gasteiger partial charge is 0.497 e. The first-order valence-corrected chi connectivity index (χ1v) is 6.96. The molecule has 1 aliphatic carbocycles. The molecule has 2 unspecified atom stereocenters. The van der Waals surface area contributed by atoms with Crippen LogP contribution in [0.4, 0.5) is 0 Å². The lowest BCUT2D eigenvalue weighted by atomic mass is 10.1. The van der Waals surface area contributed by atoms with Crippen LogP contribution in [0.3, 0.4) is 0 Å². The number of hydrogen-bond acceptors (Lipinski definition) is 4. The fourth-order valence-electron chi connectivity index (χ4n) is 3.19. The van der Waals surface area contributed by atoms with E-state index in [1.54, 1.807) is 7.11 Å². The topological polar surface area (TPSA) is 35.9 Å². The monoisotopic (exact) mass is 262 g/mol. The Kier molecular flexibility index (Phi) is 3.48. The highest BCUT2D eigenvalue weighted by Crippen LogP contribution is 2.36. The standard InChI is InChI=1S/C15H22N2O2/c1-16-5-7-17(8-6-16)14-9-11-3-4-12(19-2)10-13(11)15(14)18/h3-4,10,14-15,18H,5-9H2,1-2H3. The number of piperazine rings is 1. The molecular weight excluding hydrogens is 240 g/mol. The van der Waals surface area contributed by atoms with E-state index in [0.717, 1.165) is 43.9 Å². The molecule has 4 nitrogen and oxygen atoms in total. The summed E-state index contributed by atoms with van der Waals surface area (Å²) < 4.78 is 5.25. The summed E-state index contributed by atoms with van der Waals surface area (Å²) in [5.41, 5.74) is 2.31. The van der Waals surface area contributed by atoms with Crippen LogP contribution in [0.2, 0.25) is 0 Å². The van der Waals surface area contributed by atoms with Crippen molar-refractivity contribution in [3.8, 4) is 5.75 Å². The normalized spacial score (nSPS) is 28.4. The van der Waals surface area contributed by atoms with Crippen molar-refractivity contribution in [1.29, 1.82) is 0 Å². The number of likely N-dealkylation sites (N-methyl/N-ethyl adjacent to an activating group) is 1. The van der Waals surface area contributed by atoms with Gasteiger partial charge in [0.15, 0.2) is 0 Å². The van der Waals surface area contributed by atoms with Crippen LogP contribution in [0.25, 0.3) is 0 Å². The van der Waals surface area contributed by atoms with Gasteiger partial charge in [-0.05, 0) is 36.7 Å². The number of methoxy groups -OCH3 is 1. The van der Waals surface area contributed by atoms with E-state index in [1.165, 1.54) is 5.56 Å². The summed E-state index contributed by atoms with van der Waals surface area (Å²) in [6.07, 6.45) is 0.568. The van der Waals surface area contributed by atoms with Gasteiger partial charge >= 0.3 is 0 Å². The molecular formula is C15H22N2O2. The predicted molar refractivity (Wildman–Crippen MR) is 74.5 cm³/mol. The average molecular weight is 262 g/mol. The second-order valence-corrected chi connectivity index (χ2v) is 5.62. The molecule has 104 valence electrons. The average Bonchev–Trinajstić information content (AvgIpc) is 2.76. The maximum atomic E-state index is 10.6. The van der Waals surface area contributed by atoms with Gasteiger partial charge in [-0.15, -0.1) is 0 Å². The Morgan fingerprint density at radius 3 is 2.63 bits per heavy atom. The summed E-state index contributed by atoms with van der Waals surface area (Å²) in [6, 6.07) is 6.29. The van der Waals surface area contributed by atoms with Crippen molar-refractivity contribution in [3.05, 3.63) is 29.3 Å². The second kappa shape index (κ2) is 5.12. The molecule has 0 radical (unpaired) electrons. The minimum atomic E-state index is -0.381. The van der Waals surface area contributed by atoms with E-state index < -0.39 is 0 Å². The number of nitrogens with zero attached hydrogens (tertiary/aromatic N) is 2. The number of ether oxygens (including phenoxy) is 1. The van der Waals surface area contributed by atoms with Gasteiger partial charge in [0.1, 0.15) is 5.75 Å². The summed E-state index contributed by atoms with van der Waals surface area (Å²) in [4.78, 5) is 4.77. The Morgan fingerprint density at radius 1 is 1.21 bits per heavy atom. The van der Waals surface area contributed by atoms with E-state index in [9.17, 15) is 5.11 Å². The minimum Gasteiger partial charge on any atom is -0.497 e. The van der Waals surface area contributed by atoms with Gasteiger partial charge in [0.25, 0.3) is 0 Å². The van der Waals surface area contributed by atoms with Crippen molar-refractivity contribution in [3.63, 3.8) is 0 Å². The van der Waals surface area contributed by atoms with Gasteiger partial charge in [0, 0.05) is 32.2 Å². The lowest BCUT2D eigenvalue weighted by molar-refractivity contribution is 0.0330. The zero-order valence-electron chi connectivity index (χ0n) is 11.7. The molecule has 1 aromatic carbocycles. The summed E-state index contributed by atoms with van der Waals surface area (Å²) in [5, 5.41) is 10.6. The third-order valence-corrected chi connectivity index (χ3v) is 4.47. The molecule has 1 fully saturated rings. The van der Waals surface area contributed by atoms with Gasteiger partial charge in [0.2, 0.25) is 0 Å². The van der Waals surface area contributed by atoms with Crippen molar-refractivity contribution in [2.75, 3.05) is 40.3 Å². The zero-order valence-corrected chi connectivity index (χ0v) is 11.7. The number of fused-ring (bicyclic) bond motifs is 1. The van der Waals surface area contributed by atoms with Gasteiger partial charge in [-0.3, -0.25) is 4.90 Å². The molecule has 1 aliphatic heterocycles. The third-order valence-electron chi connectivity index (χ3n) is 4.47. The van der Waals surface area contributed by atoms with Gasteiger partial charge in [-0.2, -0.15) is 0 Å². The highest BCUT2D eigenvalue weighted by Gasteiger charge is 2.36. The van der Waals surface area contributed by atoms with Crippen molar-refractivity contribution in [2.24, 2.45) is 0 Å². The molecule has 0 bridgehead atoms. The van der Waals surface area contributed by atoms with Crippen LogP contribution in [0.1, 0.15) is 17.2 Å². The Hall–Kier alpha value is -1.10. The number of rotatable bonds is 2. The maximum absolute atomic E-state index is 10.6. The SMILES string of the molecule is COc1ccc2c(c1)C(O)C(N1CCN(C)CC1)C2. The maximum Gasteiger partial charge on any atom is 0.119 e. The van der Waals surface area contributed by atoms with Crippen molar-refractivity contribution < 1.29 is 9.84 Å². The Balaban J connectivity index is 1.77. The van der Waals surface area contributed by atoms with E-state index >= 15 is 0 Å². The molecule has 2 aliphatic rings. The molecule has 1 aromatic rings. The number of benzene rings is 1. The van der Waals surface area contributed by atoms with Gasteiger partial charge in [-0.25, -0.2) is 0 Å². The van der Waals surface area contributed by atoms with E-state index in [-0.39, 0.29) is 12.1 Å². The molecule has 0 saturated carbocycles. The van der Waals surface area contributed by atoms with Gasteiger partial charge < -0.3 is 14.7 Å². The lowest BCUT2D eigenvalue weighted by Crippen LogP contribution is -2.50. The van der Waals surface area contributed by atoms with Crippen molar-refractivity contribution in [1.82, 2.24) is 9.80 Å². The first kappa shape index (κ1) is 12.9. The van der Waals surface area contributed by atoms with E-state index in [0.29, 0.717) is 0 Å². The number of hydrogen-bond donors (Lipinski definition) is 1. The van der Waals surface area contributed by atoms with Crippen LogP contribution in [0.5, 0.6) is 5.75 Å². The molecule has 4 heteroatoms. The molecule has 19 heavy (non-hydrogen) atoms. The number of aliphatic hydroxyl groups excluding tert-OH is 1. The highest BCUT2D eigenvalue weighted by atomic mass is 16.5. The number of aliphatic hydroxyl groups is 1. The Morgan fingerprint density at radius 2 is 1.95 bits per heavy atom. The molecule has 0 spiro atoms. The van der Waals surface area contributed by atoms with Crippen LogP contribution >= 0.6 is 0 Å². The smallest absolute Gasteiger partial charge is 0.119 e. The van der Waals surface area contributed by atoms with Gasteiger partial charge in [0.05, 0.1) is 13.2 Å². The molecule has 0 aromatic heterocycles. The van der Waals surface area contributed by atoms with E-state index in [2.05, 4.69) is 22.9 Å². The van der Waals surface area contributed by atoms with Crippen molar-refractivity contribution >= 4 is 0 Å². The fourth-order valence-corrected chi connectivity index (χ4v) is 3.19. The van der Waals surface area contributed by atoms with Crippen LogP contribution in [0, 0.1) is 0 Å². The third kappa shape index (κ3) is 2.36. The van der Waals surface area contributed by atoms with Crippen molar-refractivity contribution in [2.45, 2.75) is 18.6 Å². The first-order valence-electron chi connectivity index (χ1n) is 6.96. The van der Waals surface area contributed by atoms with Gasteiger partial charge in [-0.1, -0.05) is 6.07 Å². The molecule has 2 atom stereocenters. The summed E-state index contributed by atoms with van der Waals surface area (Å²) in [5.74, 6) is 0.830. The zero-order chi connectivity index (χ0) is 13.4. The Labute approximate surface area is 114 Å². The van der Waals surface area contributed by atoms with Crippen LogP contribution in [0.15, 0.2) is 18.2 Å². The van der Waals surface area contributed by atoms with Crippen LogP contribution < -0.4 is 4.74 Å². The summed E-state index contributed by atoms with van der Waals surface area (Å²) >= 11 is 0. The predicted octanol–water partition coefficient (Wildman–Crippen LogP) is 0.901. The van der Waals surface area contributed by atoms with Crippen LogP contribution in [-0.4, -0.2) is 61.3 Å². The molecule has 3 rings (SSSR count). The Bertz CT molecular complexity index is 455. The van der Waals surface area contributed by atoms with Crippen LogP contribution in [-0.2, 0) is 6.42 Å². The molecule has 0 amide bonds. The molecule has 1 heterocycles. The quantitative estimate of drug-likeness (QED) is 0.859. The summed E-state index contributed by atoms with van der Waals surface area (Å²) in [7, 11) is 3.82. The lowest BCUT2D eigenvalue weighted by Gasteiger charge is -2.37. The summed E-state index contributed by atoms with van der Waals surface area (Å²) in [6.45, 7) is 4.26. The van der Waals surface area contributed by atoms with E-state index in [4.69, 9.17) is 4.74 Å². The molecule has 1 saturated heterocycles. The highest BCUT2D eigenvalue weighted by molar-refractivity contribution is 5.41. The molecule has 1 N–H and O–H groups in total. The second-order valence-electron chi connectivity index (χ2n) is 5.62. The van der Waals surface area contributed by atoms with E-state index in [1.807, 2.05) is 12.1 Å². The first-order chi connectivity index (χ1) is 9.19.